The number of aromatic nitrogens is 3. The Morgan fingerprint density at radius 1 is 0.919 bits per heavy atom. The summed E-state index contributed by atoms with van der Waals surface area (Å²) in [5.74, 6) is 1.81. The summed E-state index contributed by atoms with van der Waals surface area (Å²) >= 11 is 6.36. The zero-order valence-corrected chi connectivity index (χ0v) is 21.1. The molecule has 2 heterocycles. The molecule has 37 heavy (non-hydrogen) atoms. The van der Waals surface area contributed by atoms with Crippen LogP contribution in [-0.2, 0) is 10.0 Å². The molecule has 0 aliphatic carbocycles. The van der Waals surface area contributed by atoms with Gasteiger partial charge in [0.05, 0.1) is 10.6 Å². The molecule has 0 aliphatic rings. The van der Waals surface area contributed by atoms with Crippen molar-refractivity contribution in [3.05, 3.63) is 96.1 Å². The van der Waals surface area contributed by atoms with Gasteiger partial charge in [0, 0.05) is 35.9 Å². The summed E-state index contributed by atoms with van der Waals surface area (Å²) < 4.78 is 35.4. The molecule has 2 N–H and O–H groups in total. The van der Waals surface area contributed by atoms with Crippen LogP contribution in [0.1, 0.15) is 0 Å². The van der Waals surface area contributed by atoms with E-state index in [4.69, 9.17) is 24.2 Å². The van der Waals surface area contributed by atoms with Gasteiger partial charge in [0.1, 0.15) is 25.2 Å². The fourth-order valence-electron chi connectivity index (χ4n) is 3.68. The highest BCUT2D eigenvalue weighted by molar-refractivity contribution is 7.89. The van der Waals surface area contributed by atoms with Crippen LogP contribution >= 0.6 is 11.6 Å². The fraction of sp³-hybridized carbons (Fsp3) is 0.0769. The van der Waals surface area contributed by atoms with Crippen LogP contribution in [-0.4, -0.2) is 44.0 Å². The number of hydrogen-bond donors (Lipinski definition) is 2. The second-order valence-corrected chi connectivity index (χ2v) is 10.2. The molecule has 2 radical (unpaired) electrons. The molecule has 0 fully saturated rings. The monoisotopic (exact) mass is 529 g/mol. The quantitative estimate of drug-likeness (QED) is 0.221. The van der Waals surface area contributed by atoms with Crippen LogP contribution in [0.4, 0.5) is 5.82 Å². The minimum atomic E-state index is -3.72. The maximum Gasteiger partial charge on any atom is 0.240 e. The molecule has 0 unspecified atom stereocenters. The second kappa shape index (κ2) is 10.6. The topological polar surface area (TPSA) is 97.6 Å². The Hall–Kier alpha value is -3.86. The number of para-hydroxylation sites is 1. The number of nitrogens with zero attached hydrogens (tertiary/aromatic N) is 3. The van der Waals surface area contributed by atoms with Gasteiger partial charge in [0.2, 0.25) is 10.0 Å². The number of anilines is 1. The summed E-state index contributed by atoms with van der Waals surface area (Å²) in [7, 11) is 2.34. The molecular formula is C26H21BClN5O3S. The average molecular weight is 530 g/mol. The van der Waals surface area contributed by atoms with E-state index in [0.29, 0.717) is 39.1 Å². The van der Waals surface area contributed by atoms with Gasteiger partial charge >= 0.3 is 0 Å². The summed E-state index contributed by atoms with van der Waals surface area (Å²) in [4.78, 5) is 4.74. The van der Waals surface area contributed by atoms with Crippen molar-refractivity contribution in [2.45, 2.75) is 4.90 Å². The standard InChI is InChI=1S/C26H21BClN5O3S/c27-22-17-30-33-25(16-24(32-26(22)33)21-8-4-5-9-23(21)28)29-14-15-31-37(34,35)20-12-10-19(11-13-20)36-18-6-2-1-3-7-18/h1-13,16-17,29,31H,14-15H2. The van der Waals surface area contributed by atoms with Crippen molar-refractivity contribution in [2.24, 2.45) is 0 Å². The maximum absolute atomic E-state index is 12.8. The summed E-state index contributed by atoms with van der Waals surface area (Å²) in [5.41, 5.74) is 2.25. The van der Waals surface area contributed by atoms with Gasteiger partial charge in [-0.1, -0.05) is 48.0 Å². The molecule has 0 atom stereocenters. The van der Waals surface area contributed by atoms with Crippen molar-refractivity contribution in [3.63, 3.8) is 0 Å². The molecule has 5 rings (SSSR count). The lowest BCUT2D eigenvalue weighted by atomic mass is 10.0. The highest BCUT2D eigenvalue weighted by Gasteiger charge is 2.15. The molecule has 0 amide bonds. The number of hydrogen-bond acceptors (Lipinski definition) is 6. The Kier molecular flexibility index (Phi) is 7.14. The molecule has 0 bridgehead atoms. The first-order chi connectivity index (χ1) is 17.9. The number of benzene rings is 3. The van der Waals surface area contributed by atoms with Gasteiger partial charge in [-0.15, -0.1) is 0 Å². The Bertz CT molecular complexity index is 1640. The Morgan fingerprint density at radius 3 is 2.38 bits per heavy atom. The third kappa shape index (κ3) is 5.61. The predicted octanol–water partition coefficient (Wildman–Crippen LogP) is 4.03. The van der Waals surface area contributed by atoms with Gasteiger partial charge in [-0.2, -0.15) is 9.61 Å². The van der Waals surface area contributed by atoms with Gasteiger partial charge in [0.25, 0.3) is 0 Å². The Morgan fingerprint density at radius 2 is 1.62 bits per heavy atom. The van der Waals surface area contributed by atoms with Crippen LogP contribution in [0.5, 0.6) is 11.5 Å². The summed E-state index contributed by atoms with van der Waals surface area (Å²) in [6, 6.07) is 24.7. The van der Waals surface area contributed by atoms with Crippen LogP contribution < -0.4 is 20.2 Å². The van der Waals surface area contributed by atoms with Crippen LogP contribution in [0.25, 0.3) is 16.9 Å². The summed E-state index contributed by atoms with van der Waals surface area (Å²) in [6.45, 7) is 0.419. The maximum atomic E-state index is 12.8. The minimum Gasteiger partial charge on any atom is -0.457 e. The molecule has 0 saturated heterocycles. The van der Waals surface area contributed by atoms with Crippen molar-refractivity contribution in [1.29, 1.82) is 0 Å². The summed E-state index contributed by atoms with van der Waals surface area (Å²) in [5, 5.41) is 8.03. The van der Waals surface area contributed by atoms with E-state index < -0.39 is 10.0 Å². The zero-order valence-electron chi connectivity index (χ0n) is 19.5. The van der Waals surface area contributed by atoms with Crippen molar-refractivity contribution < 1.29 is 13.2 Å². The fourth-order valence-corrected chi connectivity index (χ4v) is 4.95. The number of halogens is 1. The van der Waals surface area contributed by atoms with Crippen molar-refractivity contribution in [1.82, 2.24) is 19.3 Å². The van der Waals surface area contributed by atoms with E-state index >= 15 is 0 Å². The first-order valence-corrected chi connectivity index (χ1v) is 13.2. The van der Waals surface area contributed by atoms with E-state index in [1.807, 2.05) is 48.5 Å². The lowest BCUT2D eigenvalue weighted by Crippen LogP contribution is -2.29. The van der Waals surface area contributed by atoms with Gasteiger partial charge < -0.3 is 10.1 Å². The molecule has 184 valence electrons. The summed E-state index contributed by atoms with van der Waals surface area (Å²) in [6.07, 6.45) is 1.51. The average Bonchev–Trinajstić information content (AvgIpc) is 3.28. The van der Waals surface area contributed by atoms with E-state index in [0.717, 1.165) is 5.56 Å². The number of sulfonamides is 1. The highest BCUT2D eigenvalue weighted by atomic mass is 35.5. The number of ether oxygens (including phenoxy) is 1. The molecule has 2 aromatic heterocycles. The molecule has 3 aromatic carbocycles. The largest absolute Gasteiger partial charge is 0.457 e. The van der Waals surface area contributed by atoms with Crippen LogP contribution in [0.15, 0.2) is 96.0 Å². The van der Waals surface area contributed by atoms with Crippen molar-refractivity contribution in [2.75, 3.05) is 18.4 Å². The zero-order chi connectivity index (χ0) is 25.8. The SMILES string of the molecule is [B]c1cnn2c(NCCNS(=O)(=O)c3ccc(Oc4ccccc4)cc3)cc(-c3ccccc3Cl)nc12. The Labute approximate surface area is 220 Å². The number of nitrogens with one attached hydrogen (secondary N) is 2. The van der Waals surface area contributed by atoms with Gasteiger partial charge in [-0.3, -0.25) is 0 Å². The van der Waals surface area contributed by atoms with E-state index in [1.165, 1.54) is 18.3 Å². The molecule has 0 spiro atoms. The number of rotatable bonds is 9. The van der Waals surface area contributed by atoms with E-state index in [2.05, 4.69) is 20.1 Å². The smallest absolute Gasteiger partial charge is 0.240 e. The molecule has 0 aliphatic heterocycles. The van der Waals surface area contributed by atoms with Crippen LogP contribution in [0.3, 0.4) is 0 Å². The second-order valence-electron chi connectivity index (χ2n) is 8.05. The molecule has 11 heteroatoms. The third-order valence-corrected chi connectivity index (χ3v) is 7.29. The lowest BCUT2D eigenvalue weighted by molar-refractivity contribution is 0.482. The third-order valence-electron chi connectivity index (χ3n) is 5.49. The van der Waals surface area contributed by atoms with Gasteiger partial charge in [-0.25, -0.2) is 18.1 Å². The molecule has 8 nitrogen and oxygen atoms in total. The normalized spacial score (nSPS) is 11.5. The van der Waals surface area contributed by atoms with E-state index in [1.54, 1.807) is 28.8 Å². The number of fused-ring (bicyclic) bond motifs is 1. The lowest BCUT2D eigenvalue weighted by Gasteiger charge is -2.13. The first kappa shape index (κ1) is 24.8. The minimum absolute atomic E-state index is 0.132. The predicted molar refractivity (Wildman–Crippen MR) is 145 cm³/mol. The first-order valence-electron chi connectivity index (χ1n) is 11.4. The van der Waals surface area contributed by atoms with Crippen molar-refractivity contribution >= 4 is 46.4 Å². The Balaban J connectivity index is 1.26. The van der Waals surface area contributed by atoms with Crippen molar-refractivity contribution in [3.8, 4) is 22.8 Å². The van der Waals surface area contributed by atoms with Gasteiger partial charge in [0.15, 0.2) is 5.65 Å². The molecule has 0 saturated carbocycles. The van der Waals surface area contributed by atoms with Crippen LogP contribution in [0.2, 0.25) is 5.02 Å². The van der Waals surface area contributed by atoms with Gasteiger partial charge in [-0.05, 0) is 47.9 Å². The van der Waals surface area contributed by atoms with Crippen LogP contribution in [0, 0.1) is 0 Å². The molecule has 5 aromatic rings. The van der Waals surface area contributed by atoms with E-state index in [9.17, 15) is 8.42 Å². The highest BCUT2D eigenvalue weighted by Crippen LogP contribution is 2.28. The van der Waals surface area contributed by atoms with E-state index in [-0.39, 0.29) is 18.0 Å². The molecular weight excluding hydrogens is 509 g/mol.